The zero-order chi connectivity index (χ0) is 17.2. The Bertz CT molecular complexity index is 809. The molecule has 1 aliphatic rings. The molecule has 0 spiro atoms. The molecule has 0 radical (unpaired) electrons. The van der Waals surface area contributed by atoms with Crippen molar-refractivity contribution in [3.05, 3.63) is 42.2 Å². The molecule has 0 bridgehead atoms. The molecule has 0 aliphatic carbocycles. The van der Waals surface area contributed by atoms with E-state index in [0.717, 1.165) is 29.7 Å². The van der Waals surface area contributed by atoms with Crippen LogP contribution in [0, 0.1) is 6.92 Å². The molecule has 128 valence electrons. The number of piperidine rings is 1. The van der Waals surface area contributed by atoms with E-state index in [1.54, 1.807) is 23.6 Å². The van der Waals surface area contributed by atoms with Crippen molar-refractivity contribution in [1.82, 2.24) is 19.3 Å². The number of sulfonamides is 1. The summed E-state index contributed by atoms with van der Waals surface area (Å²) in [4.78, 5) is 13.1. The summed E-state index contributed by atoms with van der Waals surface area (Å²) in [5.74, 6) is 0.933. The number of aromatic nitrogens is 3. The maximum Gasteiger partial charge on any atom is 0.213 e. The van der Waals surface area contributed by atoms with E-state index in [9.17, 15) is 8.42 Å². The van der Waals surface area contributed by atoms with Crippen LogP contribution in [0.5, 0.6) is 0 Å². The van der Waals surface area contributed by atoms with E-state index < -0.39 is 10.0 Å². The SMILES string of the molecule is CCS(=O)(=O)N1CCC[C@H](c2nc(C)ncc2-c2ccncc2)C1. The molecule has 0 saturated carbocycles. The van der Waals surface area contributed by atoms with Gasteiger partial charge in [-0.25, -0.2) is 22.7 Å². The van der Waals surface area contributed by atoms with Gasteiger partial charge in [-0.1, -0.05) is 0 Å². The molecule has 0 amide bonds. The largest absolute Gasteiger partial charge is 0.265 e. The fourth-order valence-corrected chi connectivity index (χ4v) is 4.33. The van der Waals surface area contributed by atoms with Crippen LogP contribution in [0.15, 0.2) is 30.7 Å². The normalized spacial score (nSPS) is 19.3. The number of pyridine rings is 1. The van der Waals surface area contributed by atoms with Crippen LogP contribution in [-0.4, -0.2) is 46.5 Å². The summed E-state index contributed by atoms with van der Waals surface area (Å²) in [5, 5.41) is 0. The number of hydrogen-bond donors (Lipinski definition) is 0. The first-order chi connectivity index (χ1) is 11.5. The van der Waals surface area contributed by atoms with Gasteiger partial charge in [0, 0.05) is 43.2 Å². The highest BCUT2D eigenvalue weighted by Crippen LogP contribution is 2.33. The molecule has 2 aromatic rings. The molecule has 3 heterocycles. The zero-order valence-corrected chi connectivity index (χ0v) is 14.8. The van der Waals surface area contributed by atoms with Gasteiger partial charge in [0.25, 0.3) is 0 Å². The van der Waals surface area contributed by atoms with Gasteiger partial charge >= 0.3 is 0 Å². The zero-order valence-electron chi connectivity index (χ0n) is 14.0. The van der Waals surface area contributed by atoms with Crippen molar-refractivity contribution in [3.63, 3.8) is 0 Å². The lowest BCUT2D eigenvalue weighted by Crippen LogP contribution is -2.40. The van der Waals surface area contributed by atoms with Crippen LogP contribution in [0.2, 0.25) is 0 Å². The molecule has 0 unspecified atom stereocenters. The van der Waals surface area contributed by atoms with Crippen LogP contribution in [-0.2, 0) is 10.0 Å². The average Bonchev–Trinajstić information content (AvgIpc) is 2.62. The Morgan fingerprint density at radius 3 is 2.75 bits per heavy atom. The molecule has 0 aromatic carbocycles. The lowest BCUT2D eigenvalue weighted by Gasteiger charge is -2.32. The highest BCUT2D eigenvalue weighted by atomic mass is 32.2. The minimum absolute atomic E-state index is 0.0879. The second-order valence-electron chi connectivity index (χ2n) is 6.05. The summed E-state index contributed by atoms with van der Waals surface area (Å²) >= 11 is 0. The van der Waals surface area contributed by atoms with Gasteiger partial charge in [-0.3, -0.25) is 4.98 Å². The molecule has 24 heavy (non-hydrogen) atoms. The maximum atomic E-state index is 12.2. The van der Waals surface area contributed by atoms with Crippen molar-refractivity contribution in [3.8, 4) is 11.1 Å². The van der Waals surface area contributed by atoms with Crippen molar-refractivity contribution >= 4 is 10.0 Å². The van der Waals surface area contributed by atoms with E-state index in [0.29, 0.717) is 18.9 Å². The van der Waals surface area contributed by atoms with Crippen LogP contribution < -0.4 is 0 Å². The predicted octanol–water partition coefficient (Wildman–Crippen LogP) is 2.38. The second-order valence-corrected chi connectivity index (χ2v) is 8.31. The minimum atomic E-state index is -3.17. The number of nitrogens with zero attached hydrogens (tertiary/aromatic N) is 4. The third kappa shape index (κ3) is 3.47. The van der Waals surface area contributed by atoms with Crippen LogP contribution >= 0.6 is 0 Å². The number of hydrogen-bond acceptors (Lipinski definition) is 5. The fraction of sp³-hybridized carbons (Fsp3) is 0.471. The predicted molar refractivity (Wildman–Crippen MR) is 93.0 cm³/mol. The monoisotopic (exact) mass is 346 g/mol. The average molecular weight is 346 g/mol. The van der Waals surface area contributed by atoms with Crippen LogP contribution in [0.25, 0.3) is 11.1 Å². The lowest BCUT2D eigenvalue weighted by atomic mass is 9.91. The van der Waals surface area contributed by atoms with Gasteiger partial charge in [-0.05, 0) is 44.4 Å². The van der Waals surface area contributed by atoms with E-state index >= 15 is 0 Å². The first kappa shape index (κ1) is 17.0. The highest BCUT2D eigenvalue weighted by Gasteiger charge is 2.30. The molecule has 1 atom stereocenters. The summed E-state index contributed by atoms with van der Waals surface area (Å²) in [6.07, 6.45) is 7.11. The van der Waals surface area contributed by atoms with Gasteiger partial charge in [0.2, 0.25) is 10.0 Å². The second kappa shape index (κ2) is 6.94. The third-order valence-corrected chi connectivity index (χ3v) is 6.31. The van der Waals surface area contributed by atoms with E-state index in [1.807, 2.05) is 25.3 Å². The Labute approximate surface area is 143 Å². The standard InChI is InChI=1S/C17H22N4O2S/c1-3-24(22,23)21-10-4-5-15(12-21)17-16(11-19-13(2)20-17)14-6-8-18-9-7-14/h6-9,11,15H,3-5,10,12H2,1-2H3/t15-/m0/s1. The maximum absolute atomic E-state index is 12.2. The quantitative estimate of drug-likeness (QED) is 0.849. The van der Waals surface area contributed by atoms with Crippen molar-refractivity contribution in [2.45, 2.75) is 32.6 Å². The Balaban J connectivity index is 1.98. The molecular weight excluding hydrogens is 324 g/mol. The summed E-state index contributed by atoms with van der Waals surface area (Å²) in [6.45, 7) is 4.64. The fourth-order valence-electron chi connectivity index (χ4n) is 3.15. The first-order valence-electron chi connectivity index (χ1n) is 8.23. The van der Waals surface area contributed by atoms with Gasteiger partial charge in [-0.2, -0.15) is 0 Å². The van der Waals surface area contributed by atoms with Crippen LogP contribution in [0.4, 0.5) is 0 Å². The third-order valence-electron chi connectivity index (χ3n) is 4.46. The van der Waals surface area contributed by atoms with E-state index in [2.05, 4.69) is 15.0 Å². The molecule has 6 nitrogen and oxygen atoms in total. The molecule has 1 fully saturated rings. The number of aryl methyl sites for hydroxylation is 1. The van der Waals surface area contributed by atoms with Crippen LogP contribution in [0.3, 0.4) is 0 Å². The van der Waals surface area contributed by atoms with Gasteiger partial charge in [0.05, 0.1) is 11.4 Å². The van der Waals surface area contributed by atoms with Gasteiger partial charge in [0.15, 0.2) is 0 Å². The molecule has 3 rings (SSSR count). The van der Waals surface area contributed by atoms with E-state index in [1.165, 1.54) is 0 Å². The molecule has 2 aromatic heterocycles. The summed E-state index contributed by atoms with van der Waals surface area (Å²) < 4.78 is 26.1. The Morgan fingerprint density at radius 2 is 2.04 bits per heavy atom. The Morgan fingerprint density at radius 1 is 1.29 bits per heavy atom. The van der Waals surface area contributed by atoms with Crippen molar-refractivity contribution in [2.75, 3.05) is 18.8 Å². The topological polar surface area (TPSA) is 76.1 Å². The van der Waals surface area contributed by atoms with Crippen molar-refractivity contribution < 1.29 is 8.42 Å². The van der Waals surface area contributed by atoms with Gasteiger partial charge in [-0.15, -0.1) is 0 Å². The molecule has 1 aliphatic heterocycles. The van der Waals surface area contributed by atoms with Crippen molar-refractivity contribution in [1.29, 1.82) is 0 Å². The first-order valence-corrected chi connectivity index (χ1v) is 9.84. The summed E-state index contributed by atoms with van der Waals surface area (Å²) in [6, 6.07) is 3.86. The van der Waals surface area contributed by atoms with Gasteiger partial charge in [0.1, 0.15) is 5.82 Å². The highest BCUT2D eigenvalue weighted by molar-refractivity contribution is 7.89. The molecular formula is C17H22N4O2S. The molecule has 7 heteroatoms. The summed E-state index contributed by atoms with van der Waals surface area (Å²) in [7, 11) is -3.17. The molecule has 1 saturated heterocycles. The summed E-state index contributed by atoms with van der Waals surface area (Å²) in [5.41, 5.74) is 2.91. The van der Waals surface area contributed by atoms with Gasteiger partial charge < -0.3 is 0 Å². The minimum Gasteiger partial charge on any atom is -0.265 e. The number of rotatable bonds is 4. The van der Waals surface area contributed by atoms with E-state index in [4.69, 9.17) is 0 Å². The van der Waals surface area contributed by atoms with E-state index in [-0.39, 0.29) is 11.7 Å². The molecule has 0 N–H and O–H groups in total. The lowest BCUT2D eigenvalue weighted by molar-refractivity contribution is 0.313. The van der Waals surface area contributed by atoms with Crippen molar-refractivity contribution in [2.24, 2.45) is 0 Å². The Hall–Kier alpha value is -1.86. The Kier molecular flexibility index (Phi) is 4.91. The smallest absolute Gasteiger partial charge is 0.213 e. The van der Waals surface area contributed by atoms with Crippen LogP contribution in [0.1, 0.15) is 37.2 Å².